The molecule has 2 amide bonds. The number of carbonyl (C=O) groups excluding carboxylic acids is 2. The van der Waals surface area contributed by atoms with Crippen LogP contribution in [0, 0.1) is 6.92 Å². The molecule has 0 aliphatic rings. The molecule has 0 fully saturated rings. The Bertz CT molecular complexity index is 1640. The van der Waals surface area contributed by atoms with Crippen LogP contribution in [0.15, 0.2) is 114 Å². The van der Waals surface area contributed by atoms with E-state index < -0.39 is 28.5 Å². The standard InChI is InChI=1S/C35H39N3O5S/c1-26(2)36-35(40)33(22-28-12-7-5-8-13-28)37(24-29-20-18-27(3)19-21-29)34(39)25-38(30-14-11-15-31(23-30)43-4)44(41,42)32-16-9-6-10-17-32/h5-21,23,26,33H,22,24-25H2,1-4H3,(H,36,40)/t33-/m1/s1. The summed E-state index contributed by atoms with van der Waals surface area (Å²) in [6, 6.07) is 30.7. The average molecular weight is 614 g/mol. The smallest absolute Gasteiger partial charge is 0.264 e. The summed E-state index contributed by atoms with van der Waals surface area (Å²) < 4.78 is 34.6. The Morgan fingerprint density at radius 1 is 0.818 bits per heavy atom. The molecule has 0 saturated heterocycles. The van der Waals surface area contributed by atoms with E-state index in [0.717, 1.165) is 21.0 Å². The van der Waals surface area contributed by atoms with Crippen LogP contribution in [0.1, 0.15) is 30.5 Å². The summed E-state index contributed by atoms with van der Waals surface area (Å²) >= 11 is 0. The van der Waals surface area contributed by atoms with Crippen LogP contribution in [0.5, 0.6) is 5.75 Å². The maximum Gasteiger partial charge on any atom is 0.264 e. The second-order valence-corrected chi connectivity index (χ2v) is 12.8. The molecule has 230 valence electrons. The van der Waals surface area contributed by atoms with Gasteiger partial charge in [0.25, 0.3) is 10.0 Å². The van der Waals surface area contributed by atoms with E-state index in [4.69, 9.17) is 4.74 Å². The lowest BCUT2D eigenvalue weighted by Crippen LogP contribution is -2.54. The molecule has 44 heavy (non-hydrogen) atoms. The molecule has 1 atom stereocenters. The summed E-state index contributed by atoms with van der Waals surface area (Å²) in [4.78, 5) is 29.7. The van der Waals surface area contributed by atoms with Crippen LogP contribution in [0.25, 0.3) is 0 Å². The average Bonchev–Trinajstić information content (AvgIpc) is 3.02. The molecule has 0 heterocycles. The number of anilines is 1. The fraction of sp³-hybridized carbons (Fsp3) is 0.257. The number of rotatable bonds is 13. The third-order valence-corrected chi connectivity index (χ3v) is 8.92. The lowest BCUT2D eigenvalue weighted by atomic mass is 10.0. The summed E-state index contributed by atoms with van der Waals surface area (Å²) in [7, 11) is -2.69. The molecule has 0 aliphatic heterocycles. The molecule has 4 rings (SSSR count). The second-order valence-electron chi connectivity index (χ2n) is 10.9. The molecular formula is C35H39N3O5S. The maximum absolute atomic E-state index is 14.5. The SMILES string of the molecule is COc1cccc(N(CC(=O)N(Cc2ccc(C)cc2)[C@H](Cc2ccccc2)C(=O)NC(C)C)S(=O)(=O)c2ccccc2)c1. The molecular weight excluding hydrogens is 574 g/mol. The molecule has 0 aliphatic carbocycles. The number of methoxy groups -OCH3 is 1. The minimum absolute atomic E-state index is 0.0408. The minimum atomic E-state index is -4.18. The first kappa shape index (κ1) is 32.3. The molecule has 9 heteroatoms. The van der Waals surface area contributed by atoms with E-state index in [1.54, 1.807) is 42.5 Å². The maximum atomic E-state index is 14.5. The summed E-state index contributed by atoms with van der Waals surface area (Å²) in [6.45, 7) is 5.28. The van der Waals surface area contributed by atoms with E-state index in [2.05, 4.69) is 5.32 Å². The van der Waals surface area contributed by atoms with Crippen LogP contribution in [0.3, 0.4) is 0 Å². The van der Waals surface area contributed by atoms with Gasteiger partial charge in [-0.2, -0.15) is 0 Å². The lowest BCUT2D eigenvalue weighted by molar-refractivity contribution is -0.140. The van der Waals surface area contributed by atoms with E-state index in [-0.39, 0.29) is 35.5 Å². The van der Waals surface area contributed by atoms with Crippen LogP contribution in [-0.2, 0) is 32.6 Å². The van der Waals surface area contributed by atoms with Gasteiger partial charge in [-0.25, -0.2) is 8.42 Å². The number of sulfonamides is 1. The van der Waals surface area contributed by atoms with Crippen molar-refractivity contribution in [1.29, 1.82) is 0 Å². The first-order chi connectivity index (χ1) is 21.1. The van der Waals surface area contributed by atoms with Gasteiger partial charge in [0.05, 0.1) is 17.7 Å². The zero-order valence-corrected chi connectivity index (χ0v) is 26.3. The van der Waals surface area contributed by atoms with Crippen molar-refractivity contribution in [2.75, 3.05) is 18.0 Å². The number of nitrogens with one attached hydrogen (secondary N) is 1. The van der Waals surface area contributed by atoms with Gasteiger partial charge in [-0.1, -0.05) is 84.4 Å². The monoisotopic (exact) mass is 613 g/mol. The van der Waals surface area contributed by atoms with Crippen molar-refractivity contribution < 1.29 is 22.7 Å². The quantitative estimate of drug-likeness (QED) is 0.219. The molecule has 1 N–H and O–H groups in total. The number of benzene rings is 4. The number of hydrogen-bond donors (Lipinski definition) is 1. The topological polar surface area (TPSA) is 96.0 Å². The normalized spacial score (nSPS) is 11.9. The highest BCUT2D eigenvalue weighted by Crippen LogP contribution is 2.28. The number of amides is 2. The number of ether oxygens (including phenoxy) is 1. The third-order valence-electron chi connectivity index (χ3n) is 7.13. The Kier molecular flexibility index (Phi) is 10.8. The van der Waals surface area contributed by atoms with E-state index in [0.29, 0.717) is 5.75 Å². The van der Waals surface area contributed by atoms with Crippen molar-refractivity contribution in [3.8, 4) is 5.75 Å². The molecule has 8 nitrogen and oxygen atoms in total. The number of carbonyl (C=O) groups is 2. The number of hydrogen-bond acceptors (Lipinski definition) is 5. The Morgan fingerprint density at radius 2 is 1.45 bits per heavy atom. The van der Waals surface area contributed by atoms with E-state index in [1.165, 1.54) is 24.1 Å². The lowest BCUT2D eigenvalue weighted by Gasteiger charge is -2.34. The van der Waals surface area contributed by atoms with Crippen LogP contribution in [-0.4, -0.2) is 50.9 Å². The Morgan fingerprint density at radius 3 is 2.07 bits per heavy atom. The van der Waals surface area contributed by atoms with Crippen LogP contribution in [0.2, 0.25) is 0 Å². The van der Waals surface area contributed by atoms with E-state index in [1.807, 2.05) is 75.4 Å². The van der Waals surface area contributed by atoms with Crippen LogP contribution >= 0.6 is 0 Å². The van der Waals surface area contributed by atoms with Gasteiger partial charge < -0.3 is 15.0 Å². The van der Waals surface area contributed by atoms with Crippen molar-refractivity contribution >= 4 is 27.5 Å². The van der Waals surface area contributed by atoms with Gasteiger partial charge in [-0.05, 0) is 56.2 Å². The summed E-state index contributed by atoms with van der Waals surface area (Å²) in [5.41, 5.74) is 3.02. The molecule has 0 spiro atoms. The van der Waals surface area contributed by atoms with E-state index in [9.17, 15) is 18.0 Å². The van der Waals surface area contributed by atoms with E-state index >= 15 is 0 Å². The minimum Gasteiger partial charge on any atom is -0.497 e. The fourth-order valence-corrected chi connectivity index (χ4v) is 6.27. The molecule has 0 aromatic heterocycles. The van der Waals surface area contributed by atoms with Gasteiger partial charge >= 0.3 is 0 Å². The van der Waals surface area contributed by atoms with Crippen molar-refractivity contribution in [3.05, 3.63) is 126 Å². The third kappa shape index (κ3) is 8.26. The fourth-order valence-electron chi connectivity index (χ4n) is 4.84. The van der Waals surface area contributed by atoms with Gasteiger partial charge in [0.1, 0.15) is 18.3 Å². The zero-order chi connectivity index (χ0) is 31.7. The van der Waals surface area contributed by atoms with Crippen molar-refractivity contribution in [2.45, 2.75) is 50.7 Å². The first-order valence-electron chi connectivity index (χ1n) is 14.5. The predicted molar refractivity (Wildman–Crippen MR) is 173 cm³/mol. The van der Waals surface area contributed by atoms with Crippen molar-refractivity contribution in [3.63, 3.8) is 0 Å². The number of aryl methyl sites for hydroxylation is 1. The number of nitrogens with zero attached hydrogens (tertiary/aromatic N) is 2. The van der Waals surface area contributed by atoms with Gasteiger partial charge in [0, 0.05) is 25.1 Å². The summed E-state index contributed by atoms with van der Waals surface area (Å²) in [5, 5.41) is 2.97. The van der Waals surface area contributed by atoms with Gasteiger partial charge in [-0.3, -0.25) is 13.9 Å². The molecule has 0 radical (unpaired) electrons. The second kappa shape index (κ2) is 14.7. The highest BCUT2D eigenvalue weighted by molar-refractivity contribution is 7.92. The Balaban J connectivity index is 1.81. The van der Waals surface area contributed by atoms with Gasteiger partial charge in [0.2, 0.25) is 11.8 Å². The predicted octanol–water partition coefficient (Wildman–Crippen LogP) is 5.36. The Hall–Kier alpha value is -4.63. The molecule has 0 bridgehead atoms. The van der Waals surface area contributed by atoms with Crippen molar-refractivity contribution in [2.24, 2.45) is 0 Å². The summed E-state index contributed by atoms with van der Waals surface area (Å²) in [5.74, 6) is -0.395. The Labute approximate surface area is 260 Å². The highest BCUT2D eigenvalue weighted by atomic mass is 32.2. The molecule has 4 aromatic rings. The first-order valence-corrected chi connectivity index (χ1v) is 15.9. The zero-order valence-electron chi connectivity index (χ0n) is 25.5. The molecule has 4 aromatic carbocycles. The highest BCUT2D eigenvalue weighted by Gasteiger charge is 2.35. The van der Waals surface area contributed by atoms with Crippen LogP contribution < -0.4 is 14.4 Å². The molecule has 0 saturated carbocycles. The van der Waals surface area contributed by atoms with Crippen LogP contribution in [0.4, 0.5) is 5.69 Å². The largest absolute Gasteiger partial charge is 0.497 e. The summed E-state index contributed by atoms with van der Waals surface area (Å²) in [6.07, 6.45) is 0.252. The van der Waals surface area contributed by atoms with Gasteiger partial charge in [-0.15, -0.1) is 0 Å². The van der Waals surface area contributed by atoms with Crippen molar-refractivity contribution in [1.82, 2.24) is 10.2 Å². The molecule has 0 unspecified atom stereocenters. The van der Waals surface area contributed by atoms with Gasteiger partial charge in [0.15, 0.2) is 0 Å².